The third kappa shape index (κ3) is 8.26. The van der Waals surface area contributed by atoms with Crippen LogP contribution in [0.4, 0.5) is 0 Å². The third-order valence-electron chi connectivity index (χ3n) is 2.11. The first-order valence-corrected chi connectivity index (χ1v) is 5.93. The first-order valence-electron chi connectivity index (χ1n) is 5.93. The van der Waals surface area contributed by atoms with Gasteiger partial charge in [-0.1, -0.05) is 20.3 Å². The zero-order valence-corrected chi connectivity index (χ0v) is 10.5. The molecule has 1 atom stereocenters. The molecule has 94 valence electrons. The first-order chi connectivity index (χ1) is 7.60. The van der Waals surface area contributed by atoms with Gasteiger partial charge in [0, 0.05) is 19.8 Å². The monoisotopic (exact) mass is 230 g/mol. The Bertz CT molecular complexity index is 213. The minimum Gasteiger partial charge on any atom is -0.466 e. The number of hydrogen-bond donors (Lipinski definition) is 0. The fraction of sp³-hybridized carbons (Fsp3) is 0.833. The van der Waals surface area contributed by atoms with E-state index in [0.717, 1.165) is 19.3 Å². The van der Waals surface area contributed by atoms with E-state index in [1.165, 1.54) is 6.92 Å². The highest BCUT2D eigenvalue weighted by Crippen LogP contribution is 2.09. The predicted molar refractivity (Wildman–Crippen MR) is 60.9 cm³/mol. The Morgan fingerprint density at radius 2 is 1.81 bits per heavy atom. The fourth-order valence-electron chi connectivity index (χ4n) is 1.37. The average molecular weight is 230 g/mol. The van der Waals surface area contributed by atoms with Gasteiger partial charge in [0.1, 0.15) is 6.10 Å². The standard InChI is InChI=1S/C12H22O4/c1-4-6-11(8-9-15-10(3)13)16-12(14)7-5-2/h11H,4-9H2,1-3H3. The van der Waals surface area contributed by atoms with E-state index in [-0.39, 0.29) is 18.0 Å². The van der Waals surface area contributed by atoms with Crippen molar-refractivity contribution in [1.29, 1.82) is 0 Å². The molecule has 0 heterocycles. The van der Waals surface area contributed by atoms with Crippen molar-refractivity contribution < 1.29 is 19.1 Å². The number of ether oxygens (including phenoxy) is 2. The Hall–Kier alpha value is -1.06. The molecule has 4 nitrogen and oxygen atoms in total. The molecular formula is C12H22O4. The summed E-state index contributed by atoms with van der Waals surface area (Å²) in [6.45, 7) is 5.67. The largest absolute Gasteiger partial charge is 0.466 e. The van der Waals surface area contributed by atoms with Crippen molar-refractivity contribution >= 4 is 11.9 Å². The van der Waals surface area contributed by atoms with Gasteiger partial charge in [0.25, 0.3) is 0 Å². The van der Waals surface area contributed by atoms with Crippen LogP contribution in [0, 0.1) is 0 Å². The van der Waals surface area contributed by atoms with E-state index >= 15 is 0 Å². The molecule has 1 unspecified atom stereocenters. The molecule has 0 aromatic carbocycles. The molecular weight excluding hydrogens is 208 g/mol. The van der Waals surface area contributed by atoms with E-state index in [1.807, 2.05) is 13.8 Å². The van der Waals surface area contributed by atoms with E-state index in [1.54, 1.807) is 0 Å². The summed E-state index contributed by atoms with van der Waals surface area (Å²) in [7, 11) is 0. The zero-order valence-electron chi connectivity index (χ0n) is 10.5. The topological polar surface area (TPSA) is 52.6 Å². The van der Waals surface area contributed by atoms with Gasteiger partial charge in [-0.2, -0.15) is 0 Å². The van der Waals surface area contributed by atoms with Crippen LogP contribution < -0.4 is 0 Å². The number of carbonyl (C=O) groups excluding carboxylic acids is 2. The van der Waals surface area contributed by atoms with Crippen LogP contribution in [-0.4, -0.2) is 24.6 Å². The predicted octanol–water partition coefficient (Wildman–Crippen LogP) is 2.45. The summed E-state index contributed by atoms with van der Waals surface area (Å²) in [4.78, 5) is 21.9. The van der Waals surface area contributed by atoms with E-state index < -0.39 is 0 Å². The van der Waals surface area contributed by atoms with E-state index in [9.17, 15) is 9.59 Å². The summed E-state index contributed by atoms with van der Waals surface area (Å²) < 4.78 is 10.1. The number of hydrogen-bond acceptors (Lipinski definition) is 4. The molecule has 0 radical (unpaired) electrons. The highest BCUT2D eigenvalue weighted by molar-refractivity contribution is 5.69. The summed E-state index contributed by atoms with van der Waals surface area (Å²) in [5.41, 5.74) is 0. The molecule has 0 rings (SSSR count). The Labute approximate surface area is 97.3 Å². The third-order valence-corrected chi connectivity index (χ3v) is 2.11. The summed E-state index contributed by atoms with van der Waals surface area (Å²) >= 11 is 0. The van der Waals surface area contributed by atoms with E-state index in [2.05, 4.69) is 0 Å². The highest BCUT2D eigenvalue weighted by atomic mass is 16.6. The minimum atomic E-state index is -0.296. The van der Waals surface area contributed by atoms with Crippen molar-refractivity contribution in [2.24, 2.45) is 0 Å². The number of esters is 2. The summed E-state index contributed by atoms with van der Waals surface area (Å²) in [5.74, 6) is -0.459. The Morgan fingerprint density at radius 1 is 1.12 bits per heavy atom. The quantitative estimate of drug-likeness (QED) is 0.601. The number of rotatable bonds is 8. The maximum absolute atomic E-state index is 11.3. The van der Waals surface area contributed by atoms with Crippen LogP contribution in [-0.2, 0) is 19.1 Å². The number of carbonyl (C=O) groups is 2. The van der Waals surface area contributed by atoms with E-state index in [4.69, 9.17) is 9.47 Å². The molecule has 4 heteroatoms. The van der Waals surface area contributed by atoms with Crippen LogP contribution in [0.15, 0.2) is 0 Å². The van der Waals surface area contributed by atoms with Gasteiger partial charge in [-0.15, -0.1) is 0 Å². The zero-order chi connectivity index (χ0) is 12.4. The molecule has 0 aliphatic rings. The van der Waals surface area contributed by atoms with Crippen LogP contribution in [0.1, 0.15) is 52.9 Å². The van der Waals surface area contributed by atoms with Gasteiger partial charge in [-0.05, 0) is 12.8 Å². The first kappa shape index (κ1) is 14.9. The molecule has 0 bridgehead atoms. The van der Waals surface area contributed by atoms with E-state index in [0.29, 0.717) is 19.4 Å². The van der Waals surface area contributed by atoms with Crippen molar-refractivity contribution in [2.45, 2.75) is 59.0 Å². The summed E-state index contributed by atoms with van der Waals surface area (Å²) in [5, 5.41) is 0. The average Bonchev–Trinajstić information content (AvgIpc) is 2.17. The van der Waals surface area contributed by atoms with Crippen LogP contribution in [0.2, 0.25) is 0 Å². The lowest BCUT2D eigenvalue weighted by Crippen LogP contribution is -2.20. The lowest BCUT2D eigenvalue weighted by molar-refractivity contribution is -0.151. The molecule has 0 spiro atoms. The molecule has 0 aliphatic heterocycles. The maximum atomic E-state index is 11.3. The van der Waals surface area contributed by atoms with Gasteiger partial charge in [-0.3, -0.25) is 9.59 Å². The molecule has 0 aromatic rings. The fourth-order valence-corrected chi connectivity index (χ4v) is 1.37. The molecule has 16 heavy (non-hydrogen) atoms. The van der Waals surface area contributed by atoms with Crippen molar-refractivity contribution in [1.82, 2.24) is 0 Å². The van der Waals surface area contributed by atoms with Gasteiger partial charge < -0.3 is 9.47 Å². The normalized spacial score (nSPS) is 11.9. The molecule has 0 saturated heterocycles. The van der Waals surface area contributed by atoms with Crippen LogP contribution in [0.3, 0.4) is 0 Å². The second-order valence-corrected chi connectivity index (χ2v) is 3.78. The van der Waals surface area contributed by atoms with Crippen LogP contribution >= 0.6 is 0 Å². The maximum Gasteiger partial charge on any atom is 0.306 e. The Kier molecular flexibility index (Phi) is 8.58. The molecule has 0 saturated carbocycles. The van der Waals surface area contributed by atoms with Gasteiger partial charge in [0.2, 0.25) is 0 Å². The molecule has 0 N–H and O–H groups in total. The summed E-state index contributed by atoms with van der Waals surface area (Å²) in [6.07, 6.45) is 3.47. The Balaban J connectivity index is 3.86. The lowest BCUT2D eigenvalue weighted by atomic mass is 10.1. The van der Waals surface area contributed by atoms with Gasteiger partial charge in [0.15, 0.2) is 0 Å². The van der Waals surface area contributed by atoms with Crippen LogP contribution in [0.25, 0.3) is 0 Å². The molecule has 0 aliphatic carbocycles. The summed E-state index contributed by atoms with van der Waals surface area (Å²) in [6, 6.07) is 0. The SMILES string of the molecule is CCCC(=O)OC(CCC)CCOC(C)=O. The minimum absolute atomic E-state index is 0.122. The lowest BCUT2D eigenvalue weighted by Gasteiger charge is -2.16. The second kappa shape index (κ2) is 9.19. The van der Waals surface area contributed by atoms with Crippen LogP contribution in [0.5, 0.6) is 0 Å². The molecule has 0 amide bonds. The van der Waals surface area contributed by atoms with Crippen molar-refractivity contribution in [3.8, 4) is 0 Å². The van der Waals surface area contributed by atoms with Crippen molar-refractivity contribution in [3.63, 3.8) is 0 Å². The van der Waals surface area contributed by atoms with Gasteiger partial charge >= 0.3 is 11.9 Å². The molecule has 0 aromatic heterocycles. The van der Waals surface area contributed by atoms with Crippen molar-refractivity contribution in [2.75, 3.05) is 6.61 Å². The van der Waals surface area contributed by atoms with Gasteiger partial charge in [0.05, 0.1) is 6.61 Å². The second-order valence-electron chi connectivity index (χ2n) is 3.78. The highest BCUT2D eigenvalue weighted by Gasteiger charge is 2.13. The smallest absolute Gasteiger partial charge is 0.306 e. The van der Waals surface area contributed by atoms with Gasteiger partial charge in [-0.25, -0.2) is 0 Å². The molecule has 0 fully saturated rings. The van der Waals surface area contributed by atoms with Crippen molar-refractivity contribution in [3.05, 3.63) is 0 Å². The Morgan fingerprint density at radius 3 is 2.31 bits per heavy atom.